The van der Waals surface area contributed by atoms with E-state index in [1.807, 2.05) is 32.0 Å². The molecule has 0 aliphatic rings. The van der Waals surface area contributed by atoms with Crippen LogP contribution in [0.15, 0.2) is 36.3 Å². The molecule has 2 heteroatoms. The summed E-state index contributed by atoms with van der Waals surface area (Å²) in [7, 11) is 0. The Balaban J connectivity index is 2.98. The Morgan fingerprint density at radius 2 is 2.25 bits per heavy atom. The Kier molecular flexibility index (Phi) is 4.56. The summed E-state index contributed by atoms with van der Waals surface area (Å²) in [6.07, 6.45) is 2.17. The number of benzene rings is 1. The van der Waals surface area contributed by atoms with Crippen molar-refractivity contribution in [2.75, 3.05) is 0 Å². The average Bonchev–Trinajstić information content (AvgIpc) is 2.24. The van der Waals surface area contributed by atoms with E-state index in [0.29, 0.717) is 0 Å². The number of allylic oxidation sites excluding steroid dienone is 1. The van der Waals surface area contributed by atoms with Crippen LogP contribution in [0, 0.1) is 6.92 Å². The third-order valence-electron chi connectivity index (χ3n) is 2.18. The van der Waals surface area contributed by atoms with Crippen molar-refractivity contribution in [3.8, 4) is 0 Å². The molecule has 0 radical (unpaired) electrons. The molecule has 1 aromatic rings. The molecule has 0 N–H and O–H groups in total. The van der Waals surface area contributed by atoms with Crippen LogP contribution in [-0.4, -0.2) is 5.97 Å². The molecule has 0 saturated carbocycles. The fourth-order valence-corrected chi connectivity index (χ4v) is 1.41. The van der Waals surface area contributed by atoms with Crippen LogP contribution >= 0.6 is 0 Å². The van der Waals surface area contributed by atoms with Crippen molar-refractivity contribution in [2.24, 2.45) is 0 Å². The second-order valence-corrected chi connectivity index (χ2v) is 3.57. The van der Waals surface area contributed by atoms with E-state index >= 15 is 0 Å². The molecule has 0 fully saturated rings. The van der Waals surface area contributed by atoms with Crippen molar-refractivity contribution in [3.63, 3.8) is 0 Å². The minimum Gasteiger partial charge on any atom is -0.426 e. The zero-order valence-corrected chi connectivity index (χ0v) is 9.91. The lowest BCUT2D eigenvalue weighted by Crippen LogP contribution is -1.89. The maximum atomic E-state index is 10.6. The highest BCUT2D eigenvalue weighted by molar-refractivity contribution is 5.68. The van der Waals surface area contributed by atoms with Crippen molar-refractivity contribution in [1.29, 1.82) is 0 Å². The van der Waals surface area contributed by atoms with Gasteiger partial charge in [0.1, 0.15) is 6.26 Å². The molecule has 0 aromatic heterocycles. The normalized spacial score (nSPS) is 9.19. The van der Waals surface area contributed by atoms with Crippen LogP contribution in [0.25, 0.3) is 5.57 Å². The van der Waals surface area contributed by atoms with Gasteiger partial charge >= 0.3 is 5.97 Å². The van der Waals surface area contributed by atoms with Crippen LogP contribution in [-0.2, 0) is 9.53 Å². The molecule has 1 aromatic carbocycles. The molecule has 0 amide bonds. The van der Waals surface area contributed by atoms with Crippen molar-refractivity contribution in [2.45, 2.75) is 27.2 Å². The smallest absolute Gasteiger partial charge is 0.308 e. The van der Waals surface area contributed by atoms with Crippen molar-refractivity contribution < 1.29 is 9.53 Å². The van der Waals surface area contributed by atoms with E-state index < -0.39 is 0 Å². The summed E-state index contributed by atoms with van der Waals surface area (Å²) < 4.78 is 4.73. The van der Waals surface area contributed by atoms with Gasteiger partial charge in [-0.25, -0.2) is 0 Å². The molecule has 0 unspecified atom stereocenters. The summed E-state index contributed by atoms with van der Waals surface area (Å²) in [5, 5.41) is 0. The number of carbonyl (C=O) groups excluding carboxylic acids is 1. The molecule has 84 valence electrons. The summed E-state index contributed by atoms with van der Waals surface area (Å²) >= 11 is 0. The maximum absolute atomic E-state index is 10.6. The number of ether oxygens (including phenoxy) is 1. The van der Waals surface area contributed by atoms with Gasteiger partial charge in [0, 0.05) is 12.5 Å². The summed E-state index contributed by atoms with van der Waals surface area (Å²) in [5.74, 6) is -0.327. The molecule has 0 atom stereocenters. The summed E-state index contributed by atoms with van der Waals surface area (Å²) in [6.45, 7) is 5.47. The van der Waals surface area contributed by atoms with E-state index in [4.69, 9.17) is 4.74 Å². The number of carbonyl (C=O) groups is 1. The Morgan fingerprint density at radius 3 is 2.81 bits per heavy atom. The van der Waals surface area contributed by atoms with Crippen molar-refractivity contribution in [1.82, 2.24) is 0 Å². The van der Waals surface area contributed by atoms with E-state index in [-0.39, 0.29) is 5.97 Å². The first-order valence-electron chi connectivity index (χ1n) is 5.31. The van der Waals surface area contributed by atoms with E-state index in [2.05, 4.69) is 11.8 Å². The Labute approximate surface area is 96.2 Å². The summed E-state index contributed by atoms with van der Waals surface area (Å²) in [4.78, 5) is 10.6. The van der Waals surface area contributed by atoms with Crippen LogP contribution in [0.4, 0.5) is 0 Å². The summed E-state index contributed by atoms with van der Waals surface area (Å²) in [5.41, 5.74) is 6.35. The standard InChI is InChI=1S/C14H16O2/c1-4-13(8-9-16-12(3)15)14-7-5-6-11(2)10-14/h5-7,9-10H,4H2,1-3H3. The van der Waals surface area contributed by atoms with Gasteiger partial charge in [0.15, 0.2) is 0 Å². The molecule has 0 bridgehead atoms. The number of esters is 1. The van der Waals surface area contributed by atoms with Crippen molar-refractivity contribution in [3.05, 3.63) is 47.4 Å². The minimum atomic E-state index is -0.327. The van der Waals surface area contributed by atoms with Crippen LogP contribution in [0.2, 0.25) is 0 Å². The van der Waals surface area contributed by atoms with Gasteiger partial charge in [-0.1, -0.05) is 42.5 Å². The summed E-state index contributed by atoms with van der Waals surface area (Å²) in [6, 6.07) is 8.17. The predicted molar refractivity (Wildman–Crippen MR) is 64.7 cm³/mol. The van der Waals surface area contributed by atoms with Gasteiger partial charge in [0.2, 0.25) is 0 Å². The van der Waals surface area contributed by atoms with Gasteiger partial charge < -0.3 is 4.74 Å². The van der Waals surface area contributed by atoms with Crippen LogP contribution in [0.1, 0.15) is 31.4 Å². The largest absolute Gasteiger partial charge is 0.426 e. The quantitative estimate of drug-likeness (QED) is 0.439. The molecular formula is C14H16O2. The van der Waals surface area contributed by atoms with Gasteiger partial charge in [-0.2, -0.15) is 0 Å². The highest BCUT2D eigenvalue weighted by Crippen LogP contribution is 2.17. The monoisotopic (exact) mass is 216 g/mol. The van der Waals surface area contributed by atoms with E-state index in [1.165, 1.54) is 18.7 Å². The molecule has 0 saturated heterocycles. The molecule has 0 aliphatic carbocycles. The van der Waals surface area contributed by atoms with Crippen molar-refractivity contribution >= 4 is 11.5 Å². The molecule has 0 heterocycles. The predicted octanol–water partition coefficient (Wildman–Crippen LogP) is 3.46. The Morgan fingerprint density at radius 1 is 1.50 bits per heavy atom. The number of rotatable bonds is 3. The zero-order chi connectivity index (χ0) is 12.0. The minimum absolute atomic E-state index is 0.327. The third-order valence-corrected chi connectivity index (χ3v) is 2.18. The van der Waals surface area contributed by atoms with Crippen LogP contribution in [0.5, 0.6) is 0 Å². The second-order valence-electron chi connectivity index (χ2n) is 3.57. The second kappa shape index (κ2) is 5.94. The highest BCUT2D eigenvalue weighted by Gasteiger charge is 1.97. The number of hydrogen-bond donors (Lipinski definition) is 0. The van der Waals surface area contributed by atoms with Gasteiger partial charge in [0.05, 0.1) is 0 Å². The topological polar surface area (TPSA) is 26.3 Å². The average molecular weight is 216 g/mol. The first-order chi connectivity index (χ1) is 7.63. The lowest BCUT2D eigenvalue weighted by Gasteiger charge is -2.02. The first kappa shape index (κ1) is 12.3. The van der Waals surface area contributed by atoms with Gasteiger partial charge in [0.25, 0.3) is 0 Å². The highest BCUT2D eigenvalue weighted by atomic mass is 16.5. The van der Waals surface area contributed by atoms with E-state index in [1.54, 1.807) is 0 Å². The van der Waals surface area contributed by atoms with E-state index in [9.17, 15) is 4.79 Å². The van der Waals surface area contributed by atoms with Gasteiger partial charge in [-0.15, -0.1) is 0 Å². The zero-order valence-electron chi connectivity index (χ0n) is 9.91. The molecule has 0 aliphatic heterocycles. The van der Waals surface area contributed by atoms with Crippen LogP contribution in [0.3, 0.4) is 0 Å². The third kappa shape index (κ3) is 3.76. The lowest BCUT2D eigenvalue weighted by atomic mass is 10.0. The fraction of sp³-hybridized carbons (Fsp3) is 0.286. The molecule has 16 heavy (non-hydrogen) atoms. The first-order valence-corrected chi connectivity index (χ1v) is 5.31. The lowest BCUT2D eigenvalue weighted by molar-refractivity contribution is -0.135. The van der Waals surface area contributed by atoms with Crippen LogP contribution < -0.4 is 0 Å². The van der Waals surface area contributed by atoms with E-state index in [0.717, 1.165) is 17.6 Å². The maximum Gasteiger partial charge on any atom is 0.308 e. The van der Waals surface area contributed by atoms with Gasteiger partial charge in [-0.3, -0.25) is 4.79 Å². The number of hydrogen-bond acceptors (Lipinski definition) is 2. The van der Waals surface area contributed by atoms with Gasteiger partial charge in [-0.05, 0) is 18.9 Å². The molecule has 0 spiro atoms. The Hall–Kier alpha value is -1.79. The molecular weight excluding hydrogens is 200 g/mol. The SMILES string of the molecule is CCC(=C=COC(C)=O)c1cccc(C)c1. The number of aryl methyl sites for hydroxylation is 1. The molecule has 1 rings (SSSR count). The fourth-order valence-electron chi connectivity index (χ4n) is 1.41. The molecule has 2 nitrogen and oxygen atoms in total. The Bertz CT molecular complexity index is 438.